The summed E-state index contributed by atoms with van der Waals surface area (Å²) in [5, 5.41) is 12.3. The van der Waals surface area contributed by atoms with Crippen LogP contribution in [-0.4, -0.2) is 60.0 Å². The summed E-state index contributed by atoms with van der Waals surface area (Å²) >= 11 is 0. The zero-order chi connectivity index (χ0) is 24.5. The Morgan fingerprint density at radius 2 is 1.59 bits per heavy atom. The molecule has 4 rings (SSSR count). The molecule has 34 heavy (non-hydrogen) atoms. The van der Waals surface area contributed by atoms with E-state index in [1.165, 1.54) is 4.90 Å². The van der Waals surface area contributed by atoms with Crippen LogP contribution in [-0.2, 0) is 14.3 Å². The first-order valence-corrected chi connectivity index (χ1v) is 11.4. The van der Waals surface area contributed by atoms with Gasteiger partial charge in [0.15, 0.2) is 0 Å². The van der Waals surface area contributed by atoms with Gasteiger partial charge in [-0.05, 0) is 43.0 Å². The second kappa shape index (κ2) is 9.37. The Bertz CT molecular complexity index is 1050. The largest absolute Gasteiger partial charge is 0.481 e. The van der Waals surface area contributed by atoms with Crippen molar-refractivity contribution in [3.8, 4) is 11.1 Å². The van der Waals surface area contributed by atoms with E-state index in [4.69, 9.17) is 9.47 Å². The summed E-state index contributed by atoms with van der Waals surface area (Å²) in [5.41, 5.74) is 3.85. The Morgan fingerprint density at radius 3 is 2.15 bits per heavy atom. The number of rotatable bonds is 5. The third-order valence-corrected chi connectivity index (χ3v) is 6.26. The van der Waals surface area contributed by atoms with Crippen LogP contribution in [0.1, 0.15) is 37.8 Å². The number of carboxylic acid groups (broad SMARTS) is 1. The van der Waals surface area contributed by atoms with Gasteiger partial charge in [0.25, 0.3) is 0 Å². The molecule has 0 radical (unpaired) electrons. The summed E-state index contributed by atoms with van der Waals surface area (Å²) in [7, 11) is 0. The summed E-state index contributed by atoms with van der Waals surface area (Å²) in [6, 6.07) is 16.1. The van der Waals surface area contributed by atoms with Crippen LogP contribution in [0.15, 0.2) is 48.5 Å². The van der Waals surface area contributed by atoms with Crippen LogP contribution in [0.4, 0.5) is 9.59 Å². The molecule has 0 aromatic heterocycles. The van der Waals surface area contributed by atoms with Crippen LogP contribution in [0.25, 0.3) is 11.1 Å². The first kappa shape index (κ1) is 23.6. The van der Waals surface area contributed by atoms with Crippen LogP contribution in [0.5, 0.6) is 0 Å². The van der Waals surface area contributed by atoms with Crippen molar-refractivity contribution in [1.29, 1.82) is 0 Å². The number of nitrogens with zero attached hydrogens (tertiary/aromatic N) is 1. The van der Waals surface area contributed by atoms with Gasteiger partial charge in [-0.2, -0.15) is 0 Å². The lowest BCUT2D eigenvalue weighted by atomic mass is 9.96. The number of carbonyl (C=O) groups is 3. The molecule has 1 aliphatic heterocycles. The van der Waals surface area contributed by atoms with Gasteiger partial charge >= 0.3 is 18.2 Å². The molecular formula is C26H30N2O6. The molecule has 2 N–H and O–H groups in total. The zero-order valence-electron chi connectivity index (χ0n) is 19.6. The van der Waals surface area contributed by atoms with Crippen molar-refractivity contribution in [3.05, 3.63) is 59.7 Å². The Kier molecular flexibility index (Phi) is 6.50. The normalized spacial score (nSPS) is 19.3. The van der Waals surface area contributed by atoms with Gasteiger partial charge in [0, 0.05) is 31.5 Å². The topological polar surface area (TPSA) is 105 Å². The number of carbonyl (C=O) groups excluding carboxylic acids is 2. The highest BCUT2D eigenvalue weighted by molar-refractivity contribution is 5.79. The van der Waals surface area contributed by atoms with E-state index < -0.39 is 35.6 Å². The van der Waals surface area contributed by atoms with Crippen molar-refractivity contribution in [2.75, 3.05) is 26.2 Å². The quantitative estimate of drug-likeness (QED) is 0.688. The number of hydrogen-bond acceptors (Lipinski definition) is 5. The number of fused-ring (bicyclic) bond motifs is 3. The van der Waals surface area contributed by atoms with Crippen molar-refractivity contribution < 1.29 is 29.0 Å². The first-order chi connectivity index (χ1) is 16.1. The molecule has 0 spiro atoms. The molecule has 2 aromatic carbocycles. The minimum atomic E-state index is -1.01. The van der Waals surface area contributed by atoms with Crippen LogP contribution in [0.3, 0.4) is 0 Å². The van der Waals surface area contributed by atoms with Crippen molar-refractivity contribution >= 4 is 18.2 Å². The standard InChI is InChI=1S/C26H30N2O6/c1-26(2,3)34-24(31)27-12-16-13-28(14-21(16)23(29)30)25(32)33-15-22-19-10-6-4-8-17(19)18-9-5-7-11-20(18)22/h4-11,16,21-22H,12-15H2,1-3H3,(H,27,31)(H,29,30)/t16-,21+/m1/s1. The zero-order valence-corrected chi connectivity index (χ0v) is 19.6. The molecule has 2 atom stereocenters. The number of carboxylic acids is 1. The first-order valence-electron chi connectivity index (χ1n) is 11.4. The lowest BCUT2D eigenvalue weighted by molar-refractivity contribution is -0.142. The van der Waals surface area contributed by atoms with E-state index in [1.54, 1.807) is 20.8 Å². The second-order valence-corrected chi connectivity index (χ2v) is 9.80. The van der Waals surface area contributed by atoms with E-state index >= 15 is 0 Å². The minimum absolute atomic E-state index is 0.0344. The molecule has 1 saturated heterocycles. The fourth-order valence-electron chi connectivity index (χ4n) is 4.72. The highest BCUT2D eigenvalue weighted by Gasteiger charge is 2.41. The third-order valence-electron chi connectivity index (χ3n) is 6.26. The molecule has 1 fully saturated rings. The number of aliphatic carboxylic acids is 1. The number of likely N-dealkylation sites (tertiary alicyclic amines) is 1. The van der Waals surface area contributed by atoms with Gasteiger partial charge in [-0.15, -0.1) is 0 Å². The molecule has 1 aliphatic carbocycles. The van der Waals surface area contributed by atoms with E-state index in [2.05, 4.69) is 17.4 Å². The van der Waals surface area contributed by atoms with Gasteiger partial charge in [-0.25, -0.2) is 9.59 Å². The van der Waals surface area contributed by atoms with Crippen LogP contribution < -0.4 is 5.32 Å². The van der Waals surface area contributed by atoms with Crippen LogP contribution >= 0.6 is 0 Å². The van der Waals surface area contributed by atoms with Crippen LogP contribution in [0, 0.1) is 11.8 Å². The third kappa shape index (κ3) is 5.00. The summed E-state index contributed by atoms with van der Waals surface area (Å²) in [4.78, 5) is 38.0. The predicted molar refractivity (Wildman–Crippen MR) is 125 cm³/mol. The van der Waals surface area contributed by atoms with E-state index in [0.717, 1.165) is 22.3 Å². The second-order valence-electron chi connectivity index (χ2n) is 9.80. The molecule has 1 heterocycles. The Morgan fingerprint density at radius 1 is 1.00 bits per heavy atom. The van der Waals surface area contributed by atoms with E-state index in [1.807, 2.05) is 36.4 Å². The van der Waals surface area contributed by atoms with Crippen LogP contribution in [0.2, 0.25) is 0 Å². The number of benzene rings is 2. The maximum absolute atomic E-state index is 12.9. The average Bonchev–Trinajstić information content (AvgIpc) is 3.35. The van der Waals surface area contributed by atoms with Gasteiger partial charge < -0.3 is 24.8 Å². The SMILES string of the molecule is CC(C)(C)OC(=O)NC[C@@H]1CN(C(=O)OCC2c3ccccc3-c3ccccc32)C[C@@H]1C(=O)O. The number of amides is 2. The summed E-state index contributed by atoms with van der Waals surface area (Å²) in [6.45, 7) is 5.74. The summed E-state index contributed by atoms with van der Waals surface area (Å²) in [5.74, 6) is -2.32. The highest BCUT2D eigenvalue weighted by Crippen LogP contribution is 2.44. The molecule has 2 aromatic rings. The fourth-order valence-corrected chi connectivity index (χ4v) is 4.72. The minimum Gasteiger partial charge on any atom is -0.481 e. The molecule has 0 unspecified atom stereocenters. The molecule has 8 nitrogen and oxygen atoms in total. The number of ether oxygens (including phenoxy) is 2. The van der Waals surface area contributed by atoms with Gasteiger partial charge in [0.05, 0.1) is 5.92 Å². The van der Waals surface area contributed by atoms with Crippen molar-refractivity contribution in [1.82, 2.24) is 10.2 Å². The lowest BCUT2D eigenvalue weighted by Crippen LogP contribution is -2.38. The van der Waals surface area contributed by atoms with E-state index in [-0.39, 0.29) is 32.2 Å². The molecule has 0 saturated carbocycles. The smallest absolute Gasteiger partial charge is 0.409 e. The monoisotopic (exact) mass is 466 g/mol. The lowest BCUT2D eigenvalue weighted by Gasteiger charge is -2.21. The number of nitrogens with one attached hydrogen (secondary N) is 1. The Labute approximate surface area is 198 Å². The highest BCUT2D eigenvalue weighted by atomic mass is 16.6. The molecular weight excluding hydrogens is 436 g/mol. The maximum atomic E-state index is 12.9. The number of alkyl carbamates (subject to hydrolysis) is 1. The fraction of sp³-hybridized carbons (Fsp3) is 0.423. The summed E-state index contributed by atoms with van der Waals surface area (Å²) in [6.07, 6.45) is -1.16. The van der Waals surface area contributed by atoms with Crippen molar-refractivity contribution in [2.24, 2.45) is 11.8 Å². The van der Waals surface area contributed by atoms with E-state index in [0.29, 0.717) is 0 Å². The predicted octanol–water partition coefficient (Wildman–Crippen LogP) is 4.09. The Hall–Kier alpha value is -3.55. The average molecular weight is 467 g/mol. The van der Waals surface area contributed by atoms with E-state index in [9.17, 15) is 19.5 Å². The maximum Gasteiger partial charge on any atom is 0.409 e. The van der Waals surface area contributed by atoms with Gasteiger partial charge in [-0.1, -0.05) is 48.5 Å². The van der Waals surface area contributed by atoms with Gasteiger partial charge in [0.1, 0.15) is 12.2 Å². The molecule has 180 valence electrons. The van der Waals surface area contributed by atoms with Crippen molar-refractivity contribution in [3.63, 3.8) is 0 Å². The van der Waals surface area contributed by atoms with Crippen molar-refractivity contribution in [2.45, 2.75) is 32.3 Å². The molecule has 2 amide bonds. The van der Waals surface area contributed by atoms with Gasteiger partial charge in [-0.3, -0.25) is 4.79 Å². The summed E-state index contributed by atoms with van der Waals surface area (Å²) < 4.78 is 10.9. The Balaban J connectivity index is 1.38. The molecule has 0 bridgehead atoms. The molecule has 2 aliphatic rings. The van der Waals surface area contributed by atoms with Gasteiger partial charge in [0.2, 0.25) is 0 Å². The number of hydrogen-bond donors (Lipinski definition) is 2. The molecule has 8 heteroatoms.